The zero-order valence-electron chi connectivity index (χ0n) is 9.94. The van der Waals surface area contributed by atoms with Gasteiger partial charge in [0.05, 0.1) is 23.6 Å². The lowest BCUT2D eigenvalue weighted by atomic mass is 10.1. The number of H-pyrrole nitrogens is 1. The van der Waals surface area contributed by atoms with Gasteiger partial charge in [-0.2, -0.15) is 0 Å². The Balaban J connectivity index is 2.22. The first kappa shape index (κ1) is 11.2. The molecule has 18 heavy (non-hydrogen) atoms. The zero-order valence-corrected chi connectivity index (χ0v) is 10.7. The van der Waals surface area contributed by atoms with E-state index in [1.807, 2.05) is 43.5 Å². The number of aromatic amines is 1. The van der Waals surface area contributed by atoms with Crippen LogP contribution in [0.3, 0.4) is 0 Å². The highest BCUT2D eigenvalue weighted by atomic mass is 35.5. The van der Waals surface area contributed by atoms with Crippen molar-refractivity contribution >= 4 is 28.7 Å². The van der Waals surface area contributed by atoms with Gasteiger partial charge in [-0.3, -0.25) is 9.98 Å². The first-order valence-corrected chi connectivity index (χ1v) is 6.14. The van der Waals surface area contributed by atoms with E-state index < -0.39 is 0 Å². The van der Waals surface area contributed by atoms with Crippen LogP contribution in [0.2, 0.25) is 5.02 Å². The van der Waals surface area contributed by atoms with Gasteiger partial charge < -0.3 is 4.98 Å². The van der Waals surface area contributed by atoms with Crippen LogP contribution in [-0.2, 0) is 0 Å². The third-order valence-electron chi connectivity index (χ3n) is 2.84. The molecule has 0 aliphatic carbocycles. The van der Waals surface area contributed by atoms with E-state index in [0.29, 0.717) is 11.6 Å². The van der Waals surface area contributed by atoms with Crippen molar-refractivity contribution in [3.63, 3.8) is 0 Å². The Hall–Kier alpha value is -1.87. The maximum atomic E-state index is 6.08. The van der Waals surface area contributed by atoms with Crippen LogP contribution in [0.1, 0.15) is 18.2 Å². The Bertz CT molecular complexity index is 639. The second kappa shape index (κ2) is 4.42. The van der Waals surface area contributed by atoms with Crippen molar-refractivity contribution in [3.8, 4) is 0 Å². The quantitative estimate of drug-likeness (QED) is 0.811. The van der Waals surface area contributed by atoms with Gasteiger partial charge >= 0.3 is 0 Å². The van der Waals surface area contributed by atoms with E-state index in [2.05, 4.69) is 15.0 Å². The third kappa shape index (κ3) is 1.97. The fourth-order valence-corrected chi connectivity index (χ4v) is 2.20. The van der Waals surface area contributed by atoms with Crippen LogP contribution in [0.4, 0.5) is 5.69 Å². The van der Waals surface area contributed by atoms with Crippen LogP contribution in [0, 0.1) is 0 Å². The zero-order chi connectivity index (χ0) is 12.5. The van der Waals surface area contributed by atoms with E-state index in [0.717, 1.165) is 28.4 Å². The van der Waals surface area contributed by atoms with Crippen LogP contribution < -0.4 is 0 Å². The molecule has 2 heterocycles. The summed E-state index contributed by atoms with van der Waals surface area (Å²) in [7, 11) is 0. The standard InChI is InChI=1S/C14H12ClN3/c1-9-8-17-14(13-3-2-6-16-13)11-7-10(15)4-5-12(11)18-9/h2-7,16H,8H2,1H3. The number of nitrogens with zero attached hydrogens (tertiary/aromatic N) is 2. The minimum atomic E-state index is 0.612. The number of fused-ring (bicyclic) bond motifs is 1. The summed E-state index contributed by atoms with van der Waals surface area (Å²) in [6, 6.07) is 9.67. The second-order valence-electron chi connectivity index (χ2n) is 4.26. The largest absolute Gasteiger partial charge is 0.360 e. The molecule has 0 fully saturated rings. The Labute approximate surface area is 110 Å². The molecule has 90 valence electrons. The highest BCUT2D eigenvalue weighted by Gasteiger charge is 2.15. The van der Waals surface area contributed by atoms with Crippen LogP contribution >= 0.6 is 11.6 Å². The van der Waals surface area contributed by atoms with Gasteiger partial charge in [-0.1, -0.05) is 11.6 Å². The number of benzene rings is 1. The minimum Gasteiger partial charge on any atom is -0.360 e. The predicted molar refractivity (Wildman–Crippen MR) is 75.5 cm³/mol. The van der Waals surface area contributed by atoms with E-state index in [4.69, 9.17) is 11.6 Å². The summed E-state index contributed by atoms with van der Waals surface area (Å²) < 4.78 is 0. The second-order valence-corrected chi connectivity index (χ2v) is 4.69. The molecule has 0 amide bonds. The first-order chi connectivity index (χ1) is 8.74. The highest BCUT2D eigenvalue weighted by molar-refractivity contribution is 6.31. The maximum absolute atomic E-state index is 6.08. The fourth-order valence-electron chi connectivity index (χ4n) is 2.02. The molecule has 0 unspecified atom stereocenters. The number of hydrogen-bond acceptors (Lipinski definition) is 2. The molecule has 0 saturated carbocycles. The predicted octanol–water partition coefficient (Wildman–Crippen LogP) is 3.61. The molecule has 0 atom stereocenters. The van der Waals surface area contributed by atoms with Crippen molar-refractivity contribution in [1.82, 2.24) is 4.98 Å². The molecular weight excluding hydrogens is 246 g/mol. The Morgan fingerprint density at radius 2 is 2.17 bits per heavy atom. The van der Waals surface area contributed by atoms with Crippen molar-refractivity contribution in [2.75, 3.05) is 6.54 Å². The fraction of sp³-hybridized carbons (Fsp3) is 0.143. The Morgan fingerprint density at radius 1 is 1.28 bits per heavy atom. The van der Waals surface area contributed by atoms with E-state index >= 15 is 0 Å². The van der Waals surface area contributed by atoms with E-state index in [9.17, 15) is 0 Å². The van der Waals surface area contributed by atoms with Crippen molar-refractivity contribution in [2.45, 2.75) is 6.92 Å². The Morgan fingerprint density at radius 3 is 2.94 bits per heavy atom. The van der Waals surface area contributed by atoms with Gasteiger partial charge in [0.2, 0.25) is 0 Å². The van der Waals surface area contributed by atoms with Crippen molar-refractivity contribution in [1.29, 1.82) is 0 Å². The Kier molecular flexibility index (Phi) is 2.76. The normalized spacial score (nSPS) is 14.6. The van der Waals surface area contributed by atoms with E-state index in [1.54, 1.807) is 0 Å². The van der Waals surface area contributed by atoms with Gasteiger partial charge in [0.15, 0.2) is 0 Å². The topological polar surface area (TPSA) is 40.5 Å². The molecule has 0 saturated heterocycles. The van der Waals surface area contributed by atoms with Crippen molar-refractivity contribution in [3.05, 3.63) is 52.8 Å². The van der Waals surface area contributed by atoms with Gasteiger partial charge in [-0.15, -0.1) is 0 Å². The van der Waals surface area contributed by atoms with Gasteiger partial charge in [-0.05, 0) is 37.3 Å². The number of halogens is 1. The first-order valence-electron chi connectivity index (χ1n) is 5.76. The molecule has 1 aromatic heterocycles. The molecule has 1 N–H and O–H groups in total. The summed E-state index contributed by atoms with van der Waals surface area (Å²) in [5.41, 5.74) is 4.80. The molecule has 1 aliphatic heterocycles. The summed E-state index contributed by atoms with van der Waals surface area (Å²) in [5, 5.41) is 0.697. The highest BCUT2D eigenvalue weighted by Crippen LogP contribution is 2.27. The molecule has 0 bridgehead atoms. The van der Waals surface area contributed by atoms with Gasteiger partial charge in [0.25, 0.3) is 0 Å². The molecule has 2 aromatic rings. The lowest BCUT2D eigenvalue weighted by molar-refractivity contribution is 1.26. The van der Waals surface area contributed by atoms with Crippen LogP contribution in [0.5, 0.6) is 0 Å². The number of aliphatic imine (C=N–C) groups is 2. The average molecular weight is 258 g/mol. The number of rotatable bonds is 1. The summed E-state index contributed by atoms with van der Waals surface area (Å²) in [5.74, 6) is 0. The summed E-state index contributed by atoms with van der Waals surface area (Å²) in [6.45, 7) is 2.60. The van der Waals surface area contributed by atoms with Gasteiger partial charge in [0, 0.05) is 22.5 Å². The van der Waals surface area contributed by atoms with E-state index in [1.165, 1.54) is 0 Å². The number of nitrogens with one attached hydrogen (secondary N) is 1. The van der Waals surface area contributed by atoms with Crippen molar-refractivity contribution in [2.24, 2.45) is 9.98 Å². The number of hydrogen-bond donors (Lipinski definition) is 1. The van der Waals surface area contributed by atoms with E-state index in [-0.39, 0.29) is 0 Å². The molecule has 4 heteroatoms. The molecular formula is C14H12ClN3. The van der Waals surface area contributed by atoms with Gasteiger partial charge in [-0.25, -0.2) is 0 Å². The summed E-state index contributed by atoms with van der Waals surface area (Å²) >= 11 is 6.08. The third-order valence-corrected chi connectivity index (χ3v) is 3.08. The maximum Gasteiger partial charge on any atom is 0.0908 e. The molecule has 1 aromatic carbocycles. The lowest BCUT2D eigenvalue weighted by Gasteiger charge is -2.07. The van der Waals surface area contributed by atoms with Crippen LogP contribution in [0.15, 0.2) is 46.5 Å². The summed E-state index contributed by atoms with van der Waals surface area (Å²) in [4.78, 5) is 12.4. The average Bonchev–Trinajstić information content (AvgIpc) is 2.81. The summed E-state index contributed by atoms with van der Waals surface area (Å²) in [6.07, 6.45) is 1.89. The lowest BCUT2D eigenvalue weighted by Crippen LogP contribution is -2.05. The number of aromatic nitrogens is 1. The molecule has 3 nitrogen and oxygen atoms in total. The molecule has 0 radical (unpaired) electrons. The van der Waals surface area contributed by atoms with Crippen molar-refractivity contribution < 1.29 is 0 Å². The van der Waals surface area contributed by atoms with Crippen LogP contribution in [-0.4, -0.2) is 23.0 Å². The SMILES string of the molecule is CC1=Nc2ccc(Cl)cc2C(c2ccc[nH]2)=NC1. The molecule has 3 rings (SSSR count). The van der Waals surface area contributed by atoms with Crippen LogP contribution in [0.25, 0.3) is 0 Å². The molecule has 0 spiro atoms. The van der Waals surface area contributed by atoms with Gasteiger partial charge in [0.1, 0.15) is 0 Å². The monoisotopic (exact) mass is 257 g/mol. The molecule has 1 aliphatic rings. The minimum absolute atomic E-state index is 0.612. The smallest absolute Gasteiger partial charge is 0.0908 e.